The van der Waals surface area contributed by atoms with Gasteiger partial charge in [-0.1, -0.05) is 11.6 Å². The summed E-state index contributed by atoms with van der Waals surface area (Å²) in [6, 6.07) is 9.04. The molecule has 2 rings (SSSR count). The minimum atomic E-state index is 0.629. The lowest BCUT2D eigenvalue weighted by molar-refractivity contribution is 0.416. The van der Waals surface area contributed by atoms with Gasteiger partial charge in [-0.3, -0.25) is 4.98 Å². The average molecular weight is 235 g/mol. The molecule has 4 heteroatoms. The highest BCUT2D eigenvalue weighted by molar-refractivity contribution is 6.30. The van der Waals surface area contributed by atoms with Gasteiger partial charge in [0.1, 0.15) is 5.75 Å². The highest BCUT2D eigenvalue weighted by Crippen LogP contribution is 2.31. The Morgan fingerprint density at radius 3 is 2.69 bits per heavy atom. The van der Waals surface area contributed by atoms with E-state index in [0.717, 1.165) is 17.0 Å². The van der Waals surface area contributed by atoms with Gasteiger partial charge in [-0.15, -0.1) is 0 Å². The van der Waals surface area contributed by atoms with E-state index in [1.807, 2.05) is 18.2 Å². The van der Waals surface area contributed by atoms with Crippen molar-refractivity contribution >= 4 is 17.3 Å². The van der Waals surface area contributed by atoms with Crippen LogP contribution in [0, 0.1) is 0 Å². The molecule has 0 unspecified atom stereocenters. The van der Waals surface area contributed by atoms with Gasteiger partial charge in [-0.05, 0) is 30.3 Å². The van der Waals surface area contributed by atoms with E-state index < -0.39 is 0 Å². The van der Waals surface area contributed by atoms with Gasteiger partial charge in [0.25, 0.3) is 0 Å². The first-order chi connectivity index (χ1) is 7.70. The van der Waals surface area contributed by atoms with Crippen molar-refractivity contribution in [2.24, 2.45) is 0 Å². The van der Waals surface area contributed by atoms with Crippen molar-refractivity contribution in [3.63, 3.8) is 0 Å². The maximum Gasteiger partial charge on any atom is 0.128 e. The van der Waals surface area contributed by atoms with Crippen LogP contribution in [-0.2, 0) is 0 Å². The third-order valence-electron chi connectivity index (χ3n) is 2.22. The molecule has 82 valence electrons. The molecular formula is C12H11ClN2O. The van der Waals surface area contributed by atoms with Gasteiger partial charge >= 0.3 is 0 Å². The fourth-order valence-electron chi connectivity index (χ4n) is 1.44. The van der Waals surface area contributed by atoms with Gasteiger partial charge < -0.3 is 10.5 Å². The van der Waals surface area contributed by atoms with Gasteiger partial charge in [-0.25, -0.2) is 0 Å². The maximum absolute atomic E-state index is 5.95. The number of methoxy groups -OCH3 is 1. The van der Waals surface area contributed by atoms with Crippen molar-refractivity contribution in [1.29, 1.82) is 0 Å². The molecule has 3 nitrogen and oxygen atoms in total. The Morgan fingerprint density at radius 2 is 2.06 bits per heavy atom. The van der Waals surface area contributed by atoms with Crippen molar-refractivity contribution < 1.29 is 4.74 Å². The van der Waals surface area contributed by atoms with Gasteiger partial charge in [0.2, 0.25) is 0 Å². The molecule has 0 saturated heterocycles. The lowest BCUT2D eigenvalue weighted by Gasteiger charge is -2.08. The predicted molar refractivity (Wildman–Crippen MR) is 65.6 cm³/mol. The van der Waals surface area contributed by atoms with E-state index in [-0.39, 0.29) is 0 Å². The monoisotopic (exact) mass is 234 g/mol. The van der Waals surface area contributed by atoms with Gasteiger partial charge in [0.15, 0.2) is 0 Å². The number of anilines is 1. The zero-order valence-corrected chi connectivity index (χ0v) is 9.53. The summed E-state index contributed by atoms with van der Waals surface area (Å²) in [5, 5.41) is 0.648. The summed E-state index contributed by atoms with van der Waals surface area (Å²) in [5.74, 6) is 0.738. The molecule has 2 aromatic rings. The predicted octanol–water partition coefficient (Wildman–Crippen LogP) is 2.99. The SMILES string of the molecule is COc1ccc(Cl)cc1-c1ccc(N)cn1. The van der Waals surface area contributed by atoms with E-state index in [4.69, 9.17) is 22.1 Å². The molecule has 0 aliphatic carbocycles. The Hall–Kier alpha value is -1.74. The van der Waals surface area contributed by atoms with Crippen LogP contribution in [0.5, 0.6) is 5.75 Å². The number of nitrogens with two attached hydrogens (primary N) is 1. The smallest absolute Gasteiger partial charge is 0.128 e. The van der Waals surface area contributed by atoms with E-state index in [1.54, 1.807) is 25.4 Å². The normalized spacial score (nSPS) is 10.1. The first-order valence-corrected chi connectivity index (χ1v) is 5.14. The number of hydrogen-bond donors (Lipinski definition) is 1. The van der Waals surface area contributed by atoms with Crippen LogP contribution >= 0.6 is 11.6 Å². The molecule has 0 radical (unpaired) electrons. The summed E-state index contributed by atoms with van der Waals surface area (Å²) in [7, 11) is 1.62. The van der Waals surface area contributed by atoms with E-state index in [0.29, 0.717) is 10.7 Å². The Balaban J connectivity index is 2.53. The van der Waals surface area contributed by atoms with Crippen LogP contribution < -0.4 is 10.5 Å². The fraction of sp³-hybridized carbons (Fsp3) is 0.0833. The van der Waals surface area contributed by atoms with Crippen LogP contribution in [0.3, 0.4) is 0 Å². The number of hydrogen-bond acceptors (Lipinski definition) is 3. The zero-order chi connectivity index (χ0) is 11.5. The number of rotatable bonds is 2. The van der Waals surface area contributed by atoms with Crippen LogP contribution in [0.25, 0.3) is 11.3 Å². The second-order valence-electron chi connectivity index (χ2n) is 3.32. The summed E-state index contributed by atoms with van der Waals surface area (Å²) in [4.78, 5) is 4.23. The third-order valence-corrected chi connectivity index (χ3v) is 2.46. The summed E-state index contributed by atoms with van der Waals surface area (Å²) in [5.41, 5.74) is 7.86. The lowest BCUT2D eigenvalue weighted by Crippen LogP contribution is -1.91. The molecule has 1 heterocycles. The number of pyridine rings is 1. The number of halogens is 1. The van der Waals surface area contributed by atoms with Crippen molar-refractivity contribution in [3.05, 3.63) is 41.6 Å². The van der Waals surface area contributed by atoms with Gasteiger partial charge in [0.05, 0.1) is 24.7 Å². The van der Waals surface area contributed by atoms with Crippen molar-refractivity contribution in [2.75, 3.05) is 12.8 Å². The first-order valence-electron chi connectivity index (χ1n) is 4.76. The van der Waals surface area contributed by atoms with Crippen molar-refractivity contribution in [1.82, 2.24) is 4.98 Å². The Morgan fingerprint density at radius 1 is 1.25 bits per heavy atom. The Bertz CT molecular complexity index is 497. The molecule has 0 fully saturated rings. The number of nitrogens with zero attached hydrogens (tertiary/aromatic N) is 1. The largest absolute Gasteiger partial charge is 0.496 e. The highest BCUT2D eigenvalue weighted by atomic mass is 35.5. The van der Waals surface area contributed by atoms with Crippen molar-refractivity contribution in [3.8, 4) is 17.0 Å². The molecule has 0 bridgehead atoms. The molecule has 0 aliphatic heterocycles. The number of aromatic nitrogens is 1. The van der Waals surface area contributed by atoms with E-state index in [1.165, 1.54) is 0 Å². The molecule has 0 spiro atoms. The van der Waals surface area contributed by atoms with Gasteiger partial charge in [-0.2, -0.15) is 0 Å². The molecule has 0 aliphatic rings. The number of ether oxygens (including phenoxy) is 1. The Kier molecular flexibility index (Phi) is 2.97. The summed E-state index contributed by atoms with van der Waals surface area (Å²) in [6.07, 6.45) is 1.61. The second-order valence-corrected chi connectivity index (χ2v) is 3.76. The molecule has 0 atom stereocenters. The highest BCUT2D eigenvalue weighted by Gasteiger charge is 2.07. The minimum absolute atomic E-state index is 0.629. The van der Waals surface area contributed by atoms with E-state index in [9.17, 15) is 0 Å². The van der Waals surface area contributed by atoms with Crippen LogP contribution in [0.4, 0.5) is 5.69 Å². The molecule has 1 aromatic carbocycles. The van der Waals surface area contributed by atoms with Crippen LogP contribution in [0.1, 0.15) is 0 Å². The molecule has 0 amide bonds. The lowest BCUT2D eigenvalue weighted by atomic mass is 10.1. The number of nitrogen functional groups attached to an aromatic ring is 1. The molecule has 1 aromatic heterocycles. The fourth-order valence-corrected chi connectivity index (χ4v) is 1.62. The number of benzene rings is 1. The minimum Gasteiger partial charge on any atom is -0.496 e. The quantitative estimate of drug-likeness (QED) is 0.869. The summed E-state index contributed by atoms with van der Waals surface area (Å²) >= 11 is 5.95. The summed E-state index contributed by atoms with van der Waals surface area (Å²) in [6.45, 7) is 0. The van der Waals surface area contributed by atoms with Crippen molar-refractivity contribution in [2.45, 2.75) is 0 Å². The third kappa shape index (κ3) is 2.09. The zero-order valence-electron chi connectivity index (χ0n) is 8.77. The molecule has 0 saturated carbocycles. The van der Waals surface area contributed by atoms with Crippen LogP contribution in [0.15, 0.2) is 36.5 Å². The average Bonchev–Trinajstić information content (AvgIpc) is 2.30. The Labute approximate surface area is 98.8 Å². The molecule has 2 N–H and O–H groups in total. The van der Waals surface area contributed by atoms with Gasteiger partial charge in [0, 0.05) is 10.6 Å². The molecule has 16 heavy (non-hydrogen) atoms. The standard InChI is InChI=1S/C12H11ClN2O/c1-16-12-5-2-8(13)6-10(12)11-4-3-9(14)7-15-11/h2-7H,14H2,1H3. The maximum atomic E-state index is 5.95. The van der Waals surface area contributed by atoms with Crippen LogP contribution in [0.2, 0.25) is 5.02 Å². The van der Waals surface area contributed by atoms with E-state index >= 15 is 0 Å². The molecular weight excluding hydrogens is 224 g/mol. The second kappa shape index (κ2) is 4.41. The first kappa shape index (κ1) is 10.8. The topological polar surface area (TPSA) is 48.1 Å². The van der Waals surface area contributed by atoms with Crippen LogP contribution in [-0.4, -0.2) is 12.1 Å². The summed E-state index contributed by atoms with van der Waals surface area (Å²) < 4.78 is 5.26. The van der Waals surface area contributed by atoms with E-state index in [2.05, 4.69) is 4.98 Å².